The van der Waals surface area contributed by atoms with Gasteiger partial charge in [-0.05, 0) is 25.0 Å². The first kappa shape index (κ1) is 17.1. The van der Waals surface area contributed by atoms with Crippen LogP contribution in [0.5, 0.6) is 0 Å². The number of aromatic nitrogens is 2. The number of carbonyl (C=O) groups excluding carboxylic acids is 1. The van der Waals surface area contributed by atoms with E-state index in [1.807, 2.05) is 0 Å². The number of carbonyl (C=O) groups is 1. The summed E-state index contributed by atoms with van der Waals surface area (Å²) in [7, 11) is 0. The van der Waals surface area contributed by atoms with Crippen LogP contribution in [0.1, 0.15) is 18.4 Å². The van der Waals surface area contributed by atoms with Gasteiger partial charge in [-0.25, -0.2) is 23.5 Å². The first-order valence-corrected chi connectivity index (χ1v) is 8.13. The summed E-state index contributed by atoms with van der Waals surface area (Å²) in [5, 5.41) is 5.79. The molecule has 2 aromatic rings. The fourth-order valence-electron chi connectivity index (χ4n) is 2.42. The van der Waals surface area contributed by atoms with Gasteiger partial charge in [-0.2, -0.15) is 0 Å². The maximum Gasteiger partial charge on any atom is 0.318 e. The molecule has 6 nitrogen and oxygen atoms in total. The van der Waals surface area contributed by atoms with Crippen molar-refractivity contribution in [3.63, 3.8) is 0 Å². The molecule has 1 aliphatic rings. The topological polar surface area (TPSA) is 70.1 Å². The zero-order valence-corrected chi connectivity index (χ0v) is 13.6. The lowest BCUT2D eigenvalue weighted by molar-refractivity contribution is 0.191. The van der Waals surface area contributed by atoms with Crippen LogP contribution in [0.15, 0.2) is 36.7 Å². The predicted molar refractivity (Wildman–Crippen MR) is 88.8 cm³/mol. The second kappa shape index (κ2) is 7.87. The fraction of sp³-hybridized carbons (Fsp3) is 0.353. The second-order valence-electron chi connectivity index (χ2n) is 5.83. The molecule has 1 heterocycles. The van der Waals surface area contributed by atoms with Crippen molar-refractivity contribution in [3.8, 4) is 0 Å². The van der Waals surface area contributed by atoms with Gasteiger partial charge in [0.1, 0.15) is 11.6 Å². The van der Waals surface area contributed by atoms with Crippen LogP contribution in [0.2, 0.25) is 0 Å². The van der Waals surface area contributed by atoms with Crippen LogP contribution in [0, 0.1) is 11.6 Å². The molecule has 0 saturated heterocycles. The maximum atomic E-state index is 13.8. The lowest BCUT2D eigenvalue weighted by Crippen LogP contribution is -2.42. The van der Waals surface area contributed by atoms with E-state index >= 15 is 0 Å². The minimum absolute atomic E-state index is 0.106. The largest absolute Gasteiger partial charge is 0.352 e. The molecular formula is C17H19F2N5O. The van der Waals surface area contributed by atoms with Crippen molar-refractivity contribution >= 4 is 12.0 Å². The van der Waals surface area contributed by atoms with E-state index in [1.165, 1.54) is 12.1 Å². The van der Waals surface area contributed by atoms with E-state index < -0.39 is 11.6 Å². The molecule has 0 bridgehead atoms. The molecule has 2 N–H and O–H groups in total. The van der Waals surface area contributed by atoms with E-state index in [1.54, 1.807) is 23.4 Å². The summed E-state index contributed by atoms with van der Waals surface area (Å²) in [6.07, 6.45) is 5.04. The number of amides is 2. The van der Waals surface area contributed by atoms with Gasteiger partial charge in [0.25, 0.3) is 0 Å². The van der Waals surface area contributed by atoms with Crippen molar-refractivity contribution in [2.75, 3.05) is 18.4 Å². The SMILES string of the molecule is O=C(NCCNc1ncccn1)N(Cc1ccc(F)cc1F)C1CC1. The van der Waals surface area contributed by atoms with Gasteiger partial charge in [-0.1, -0.05) is 6.07 Å². The minimum atomic E-state index is -0.638. The standard InChI is InChI=1S/C17H19F2N5O/c18-13-3-2-12(15(19)10-13)11-24(14-4-5-14)17(25)23-9-8-22-16-20-6-1-7-21-16/h1-3,6-7,10,14H,4-5,8-9,11H2,(H,23,25)(H,20,21,22). The molecule has 3 rings (SSSR count). The molecule has 1 aliphatic carbocycles. The molecule has 2 amide bonds. The Bertz CT molecular complexity index is 724. The molecule has 1 aromatic carbocycles. The molecule has 0 radical (unpaired) electrons. The van der Waals surface area contributed by atoms with Crippen LogP contribution >= 0.6 is 0 Å². The Morgan fingerprint density at radius 1 is 1.20 bits per heavy atom. The van der Waals surface area contributed by atoms with Crippen LogP contribution in [-0.2, 0) is 6.54 Å². The Kier molecular flexibility index (Phi) is 5.37. The number of benzene rings is 1. The molecule has 1 fully saturated rings. The van der Waals surface area contributed by atoms with E-state index in [9.17, 15) is 13.6 Å². The molecule has 0 aliphatic heterocycles. The van der Waals surface area contributed by atoms with E-state index in [-0.39, 0.29) is 18.6 Å². The number of rotatable bonds is 7. The van der Waals surface area contributed by atoms with Gasteiger partial charge in [0.05, 0.1) is 6.54 Å². The summed E-state index contributed by atoms with van der Waals surface area (Å²) >= 11 is 0. The summed E-state index contributed by atoms with van der Waals surface area (Å²) < 4.78 is 26.8. The van der Waals surface area contributed by atoms with E-state index in [2.05, 4.69) is 20.6 Å². The highest BCUT2D eigenvalue weighted by atomic mass is 19.1. The molecule has 1 saturated carbocycles. The smallest absolute Gasteiger partial charge is 0.318 e. The first-order valence-electron chi connectivity index (χ1n) is 8.13. The Labute approximate surface area is 144 Å². The molecule has 132 valence electrons. The van der Waals surface area contributed by atoms with Crippen LogP contribution in [0.4, 0.5) is 19.5 Å². The molecule has 0 atom stereocenters. The number of halogens is 2. The minimum Gasteiger partial charge on any atom is -0.352 e. The van der Waals surface area contributed by atoms with Gasteiger partial charge in [-0.15, -0.1) is 0 Å². The van der Waals surface area contributed by atoms with Crippen LogP contribution < -0.4 is 10.6 Å². The van der Waals surface area contributed by atoms with E-state index in [0.29, 0.717) is 24.6 Å². The van der Waals surface area contributed by atoms with Crippen LogP contribution in [0.3, 0.4) is 0 Å². The normalized spacial score (nSPS) is 13.4. The van der Waals surface area contributed by atoms with Crippen molar-refractivity contribution in [2.45, 2.75) is 25.4 Å². The van der Waals surface area contributed by atoms with Gasteiger partial charge >= 0.3 is 6.03 Å². The van der Waals surface area contributed by atoms with E-state index in [4.69, 9.17) is 0 Å². The second-order valence-corrected chi connectivity index (χ2v) is 5.83. The van der Waals surface area contributed by atoms with Crippen LogP contribution in [0.25, 0.3) is 0 Å². The average molecular weight is 347 g/mol. The van der Waals surface area contributed by atoms with Crippen molar-refractivity contribution in [1.29, 1.82) is 0 Å². The monoisotopic (exact) mass is 347 g/mol. The predicted octanol–water partition coefficient (Wildman–Crippen LogP) is 2.54. The maximum absolute atomic E-state index is 13.8. The lowest BCUT2D eigenvalue weighted by Gasteiger charge is -2.23. The zero-order valence-electron chi connectivity index (χ0n) is 13.6. The Morgan fingerprint density at radius 3 is 2.64 bits per heavy atom. The number of nitrogens with zero attached hydrogens (tertiary/aromatic N) is 3. The Balaban J connectivity index is 1.51. The highest BCUT2D eigenvalue weighted by molar-refractivity contribution is 5.75. The molecule has 1 aromatic heterocycles. The van der Waals surface area contributed by atoms with E-state index in [0.717, 1.165) is 18.9 Å². The highest BCUT2D eigenvalue weighted by Crippen LogP contribution is 2.28. The van der Waals surface area contributed by atoms with Crippen molar-refractivity contribution in [1.82, 2.24) is 20.2 Å². The third-order valence-electron chi connectivity index (χ3n) is 3.85. The van der Waals surface area contributed by atoms with Gasteiger partial charge in [-0.3, -0.25) is 0 Å². The van der Waals surface area contributed by atoms with Gasteiger partial charge in [0.15, 0.2) is 0 Å². The van der Waals surface area contributed by atoms with Gasteiger partial charge in [0.2, 0.25) is 5.95 Å². The third kappa shape index (κ3) is 4.85. The Morgan fingerprint density at radius 2 is 1.96 bits per heavy atom. The number of nitrogens with one attached hydrogen (secondary N) is 2. The molecule has 25 heavy (non-hydrogen) atoms. The summed E-state index contributed by atoms with van der Waals surface area (Å²) in [5.74, 6) is -0.775. The van der Waals surface area contributed by atoms with Crippen molar-refractivity contribution in [3.05, 3.63) is 53.9 Å². The van der Waals surface area contributed by atoms with Crippen molar-refractivity contribution in [2.24, 2.45) is 0 Å². The molecule has 8 heteroatoms. The number of urea groups is 1. The quantitative estimate of drug-likeness (QED) is 0.755. The summed E-state index contributed by atoms with van der Waals surface area (Å²) in [6, 6.07) is 4.97. The third-order valence-corrected chi connectivity index (χ3v) is 3.85. The molecule has 0 spiro atoms. The lowest BCUT2D eigenvalue weighted by atomic mass is 10.2. The summed E-state index contributed by atoms with van der Waals surface area (Å²) in [4.78, 5) is 22.0. The number of hydrogen-bond donors (Lipinski definition) is 2. The van der Waals surface area contributed by atoms with Gasteiger partial charge in [0, 0.05) is 43.2 Å². The average Bonchev–Trinajstić information content (AvgIpc) is 3.44. The van der Waals surface area contributed by atoms with Crippen molar-refractivity contribution < 1.29 is 13.6 Å². The van der Waals surface area contributed by atoms with Gasteiger partial charge < -0.3 is 15.5 Å². The highest BCUT2D eigenvalue weighted by Gasteiger charge is 2.32. The zero-order chi connectivity index (χ0) is 17.6. The summed E-state index contributed by atoms with van der Waals surface area (Å²) in [5.41, 5.74) is 0.305. The molecule has 0 unspecified atom stereocenters. The fourth-order valence-corrected chi connectivity index (χ4v) is 2.42. The molecular weight excluding hydrogens is 328 g/mol. The summed E-state index contributed by atoms with van der Waals surface area (Å²) in [6.45, 7) is 0.975. The van der Waals surface area contributed by atoms with Crippen LogP contribution in [-0.4, -0.2) is 40.0 Å². The number of anilines is 1. The number of hydrogen-bond acceptors (Lipinski definition) is 4. The Hall–Kier alpha value is -2.77. The first-order chi connectivity index (χ1) is 12.1.